The zero-order chi connectivity index (χ0) is 12.9. The topological polar surface area (TPSA) is 74.6 Å². The van der Waals surface area contributed by atoms with E-state index in [4.69, 9.17) is 10.2 Å². The first-order valence-corrected chi connectivity index (χ1v) is 4.14. The summed E-state index contributed by atoms with van der Waals surface area (Å²) in [4.78, 5) is 19.7. The molecule has 0 spiro atoms. The molecule has 0 aliphatic rings. The molecule has 0 aromatic carbocycles. The molecule has 4 heteroatoms. The van der Waals surface area contributed by atoms with Crippen LogP contribution in [0.5, 0.6) is 0 Å². The van der Waals surface area contributed by atoms with Gasteiger partial charge in [-0.1, -0.05) is 18.7 Å². The van der Waals surface area contributed by atoms with E-state index in [9.17, 15) is 9.59 Å². The third kappa shape index (κ3) is 33.1. The number of hydrogen-bond acceptors (Lipinski definition) is 2. The molecular weight excluding hydrogens is 196 g/mol. The molecular formula is C11H18O4. The third-order valence-electron chi connectivity index (χ3n) is 0.667. The van der Waals surface area contributed by atoms with Crippen LogP contribution >= 0.6 is 0 Å². The highest BCUT2D eigenvalue weighted by Crippen LogP contribution is 1.95. The zero-order valence-corrected chi connectivity index (χ0v) is 9.19. The summed E-state index contributed by atoms with van der Waals surface area (Å²) in [6, 6.07) is 0. The van der Waals surface area contributed by atoms with Gasteiger partial charge in [-0.15, -0.1) is 13.2 Å². The normalized spacial score (nSPS) is 6.80. The lowest BCUT2D eigenvalue weighted by atomic mass is 10.2. The molecule has 86 valence electrons. The molecule has 0 fully saturated rings. The minimum atomic E-state index is -1.27. The highest BCUT2D eigenvalue weighted by molar-refractivity contribution is 5.91. The van der Waals surface area contributed by atoms with E-state index < -0.39 is 18.4 Å². The fourth-order valence-electron chi connectivity index (χ4n) is 0.258. The maximum atomic E-state index is 9.87. The van der Waals surface area contributed by atoms with Crippen molar-refractivity contribution in [2.75, 3.05) is 0 Å². The van der Waals surface area contributed by atoms with E-state index in [1.165, 1.54) is 0 Å². The number of allylic oxidation sites excluding steroid dienone is 2. The molecule has 0 aliphatic carbocycles. The molecule has 0 atom stereocenters. The number of aliphatic carboxylic acids is 2. The van der Waals surface area contributed by atoms with Crippen molar-refractivity contribution in [1.29, 1.82) is 0 Å². The molecule has 0 saturated carbocycles. The summed E-state index contributed by atoms with van der Waals surface area (Å²) in [5.74, 6) is -2.44. The molecule has 0 aliphatic heterocycles. The second-order valence-corrected chi connectivity index (χ2v) is 2.30. The van der Waals surface area contributed by atoms with Gasteiger partial charge in [-0.3, -0.25) is 4.79 Å². The van der Waals surface area contributed by atoms with Crippen LogP contribution in [-0.2, 0) is 9.59 Å². The molecule has 4 nitrogen and oxygen atoms in total. The predicted octanol–water partition coefficient (Wildman–Crippen LogP) is 2.49. The summed E-state index contributed by atoms with van der Waals surface area (Å²) in [5.41, 5.74) is -0.303. The molecule has 0 aromatic heterocycles. The second kappa shape index (κ2) is 14.7. The van der Waals surface area contributed by atoms with Gasteiger partial charge in [-0.05, 0) is 13.8 Å². The Kier molecular flexibility index (Phi) is 18.4. The van der Waals surface area contributed by atoms with Gasteiger partial charge >= 0.3 is 11.9 Å². The quantitative estimate of drug-likeness (QED) is 0.559. The SMILES string of the molecule is C=C(CC(=O)O)C(=O)O.C=CC.C=CC. The number of carboxylic acid groups (broad SMARTS) is 2. The summed E-state index contributed by atoms with van der Waals surface area (Å²) in [6.07, 6.45) is 3.00. The van der Waals surface area contributed by atoms with E-state index in [1.807, 2.05) is 13.8 Å². The molecule has 0 heterocycles. The lowest BCUT2D eigenvalue weighted by molar-refractivity contribution is -0.139. The molecule has 0 radical (unpaired) electrons. The first-order chi connectivity index (χ1) is 6.87. The van der Waals surface area contributed by atoms with Crippen molar-refractivity contribution in [1.82, 2.24) is 0 Å². The van der Waals surface area contributed by atoms with Crippen LogP contribution in [0.1, 0.15) is 20.3 Å². The van der Waals surface area contributed by atoms with E-state index >= 15 is 0 Å². The van der Waals surface area contributed by atoms with E-state index in [0.717, 1.165) is 0 Å². The Morgan fingerprint density at radius 1 is 1.13 bits per heavy atom. The average Bonchev–Trinajstić information content (AvgIpc) is 2.05. The van der Waals surface area contributed by atoms with E-state index in [-0.39, 0.29) is 5.57 Å². The van der Waals surface area contributed by atoms with Crippen LogP contribution in [0.25, 0.3) is 0 Å². The summed E-state index contributed by atoms with van der Waals surface area (Å²) in [7, 11) is 0. The molecule has 2 N–H and O–H groups in total. The van der Waals surface area contributed by atoms with Crippen molar-refractivity contribution in [3.8, 4) is 0 Å². The second-order valence-electron chi connectivity index (χ2n) is 2.30. The summed E-state index contributed by atoms with van der Waals surface area (Å²) >= 11 is 0. The van der Waals surface area contributed by atoms with Crippen molar-refractivity contribution in [2.24, 2.45) is 0 Å². The van der Waals surface area contributed by atoms with Crippen LogP contribution in [0.2, 0.25) is 0 Å². The van der Waals surface area contributed by atoms with E-state index in [1.54, 1.807) is 12.2 Å². The molecule has 0 saturated heterocycles. The summed E-state index contributed by atoms with van der Waals surface area (Å²) in [5, 5.41) is 16.1. The lowest BCUT2D eigenvalue weighted by Crippen LogP contribution is -2.04. The predicted molar refractivity (Wildman–Crippen MR) is 60.8 cm³/mol. The average molecular weight is 214 g/mol. The smallest absolute Gasteiger partial charge is 0.331 e. The third-order valence-corrected chi connectivity index (χ3v) is 0.667. The van der Waals surface area contributed by atoms with Crippen LogP contribution < -0.4 is 0 Å². The zero-order valence-electron chi connectivity index (χ0n) is 9.19. The lowest BCUT2D eigenvalue weighted by Gasteiger charge is -1.91. The van der Waals surface area contributed by atoms with Gasteiger partial charge in [-0.25, -0.2) is 4.79 Å². The van der Waals surface area contributed by atoms with Crippen LogP contribution in [0.4, 0.5) is 0 Å². The van der Waals surface area contributed by atoms with Crippen molar-refractivity contribution >= 4 is 11.9 Å². The first kappa shape index (κ1) is 18.9. The Morgan fingerprint density at radius 3 is 1.47 bits per heavy atom. The molecule has 15 heavy (non-hydrogen) atoms. The van der Waals surface area contributed by atoms with Gasteiger partial charge in [0.2, 0.25) is 0 Å². The van der Waals surface area contributed by atoms with Crippen LogP contribution in [0, 0.1) is 0 Å². The molecule has 0 amide bonds. The van der Waals surface area contributed by atoms with Gasteiger partial charge in [0.15, 0.2) is 0 Å². The van der Waals surface area contributed by atoms with E-state index in [0.29, 0.717) is 0 Å². The van der Waals surface area contributed by atoms with Gasteiger partial charge in [0.25, 0.3) is 0 Å². The molecule has 0 rings (SSSR count). The Morgan fingerprint density at radius 2 is 1.40 bits per heavy atom. The van der Waals surface area contributed by atoms with Gasteiger partial charge < -0.3 is 10.2 Å². The summed E-state index contributed by atoms with van der Waals surface area (Å²) in [6.45, 7) is 13.5. The minimum absolute atomic E-state index is 0.303. The van der Waals surface area contributed by atoms with E-state index in [2.05, 4.69) is 19.7 Å². The van der Waals surface area contributed by atoms with Crippen molar-refractivity contribution in [3.63, 3.8) is 0 Å². The molecule has 0 unspecified atom stereocenters. The Bertz CT molecular complexity index is 223. The first-order valence-electron chi connectivity index (χ1n) is 4.14. The highest BCUT2D eigenvalue weighted by Gasteiger charge is 2.07. The van der Waals surface area contributed by atoms with Crippen molar-refractivity contribution in [2.45, 2.75) is 20.3 Å². The molecule has 0 bridgehead atoms. The summed E-state index contributed by atoms with van der Waals surface area (Å²) < 4.78 is 0. The molecule has 0 aromatic rings. The standard InChI is InChI=1S/C5H6O4.2C3H6/c1-3(5(8)9)2-4(6)7;2*1-3-2/h1-2H2,(H,6,7)(H,8,9);2*3H,1H2,2H3. The van der Waals surface area contributed by atoms with Crippen LogP contribution in [-0.4, -0.2) is 22.2 Å². The van der Waals surface area contributed by atoms with Crippen molar-refractivity contribution < 1.29 is 19.8 Å². The largest absolute Gasteiger partial charge is 0.481 e. The van der Waals surface area contributed by atoms with Gasteiger partial charge in [0, 0.05) is 5.57 Å². The number of carboxylic acids is 2. The minimum Gasteiger partial charge on any atom is -0.481 e. The van der Waals surface area contributed by atoms with Crippen LogP contribution in [0.3, 0.4) is 0 Å². The van der Waals surface area contributed by atoms with Crippen molar-refractivity contribution in [3.05, 3.63) is 37.5 Å². The Hall–Kier alpha value is -1.84. The Labute approximate surface area is 90.2 Å². The maximum absolute atomic E-state index is 9.87. The fourth-order valence-corrected chi connectivity index (χ4v) is 0.258. The monoisotopic (exact) mass is 214 g/mol. The number of hydrogen-bond donors (Lipinski definition) is 2. The number of rotatable bonds is 3. The van der Waals surface area contributed by atoms with Gasteiger partial charge in [-0.2, -0.15) is 0 Å². The van der Waals surface area contributed by atoms with Crippen LogP contribution in [0.15, 0.2) is 37.5 Å². The van der Waals surface area contributed by atoms with Gasteiger partial charge in [0.1, 0.15) is 0 Å². The maximum Gasteiger partial charge on any atom is 0.331 e. The fraction of sp³-hybridized carbons (Fsp3) is 0.273. The highest BCUT2D eigenvalue weighted by atomic mass is 16.4. The Balaban J connectivity index is -0.000000200. The number of carbonyl (C=O) groups is 2. The van der Waals surface area contributed by atoms with Gasteiger partial charge in [0.05, 0.1) is 6.42 Å².